The van der Waals surface area contributed by atoms with Crippen molar-refractivity contribution in [2.75, 3.05) is 52.8 Å². The van der Waals surface area contributed by atoms with Crippen LogP contribution in [0.5, 0.6) is 0 Å². The Bertz CT molecular complexity index is 709. The van der Waals surface area contributed by atoms with E-state index < -0.39 is 15.7 Å². The van der Waals surface area contributed by atoms with Crippen molar-refractivity contribution in [3.8, 4) is 0 Å². The zero-order chi connectivity index (χ0) is 19.4. The number of rotatable bonds is 8. The molecule has 2 rings (SSSR count). The molecule has 0 unspecified atom stereocenters. The molecule has 10 nitrogen and oxygen atoms in total. The SMILES string of the molecule is COCCNC(=O)C1(Nc2ccn(C)n2)CCN(S(=O)(=O)N(C)C)CC1. The molecule has 1 saturated heterocycles. The summed E-state index contributed by atoms with van der Waals surface area (Å²) in [5, 5.41) is 10.4. The van der Waals surface area contributed by atoms with Crippen LogP contribution in [-0.4, -0.2) is 85.7 Å². The summed E-state index contributed by atoms with van der Waals surface area (Å²) >= 11 is 0. The summed E-state index contributed by atoms with van der Waals surface area (Å²) < 4.78 is 33.9. The number of aromatic nitrogens is 2. The van der Waals surface area contributed by atoms with Crippen molar-refractivity contribution in [3.63, 3.8) is 0 Å². The summed E-state index contributed by atoms with van der Waals surface area (Å²) in [6.07, 6.45) is 2.47. The van der Waals surface area contributed by atoms with Crippen LogP contribution < -0.4 is 10.6 Å². The lowest BCUT2D eigenvalue weighted by atomic mass is 9.87. The molecule has 1 amide bonds. The van der Waals surface area contributed by atoms with Gasteiger partial charge in [-0.2, -0.15) is 22.1 Å². The third-order valence-electron chi connectivity index (χ3n) is 4.47. The first-order chi connectivity index (χ1) is 12.2. The van der Waals surface area contributed by atoms with E-state index in [1.54, 1.807) is 31.1 Å². The lowest BCUT2D eigenvalue weighted by Gasteiger charge is -2.41. The van der Waals surface area contributed by atoms with E-state index in [0.717, 1.165) is 0 Å². The Morgan fingerprint density at radius 2 is 2.04 bits per heavy atom. The topological polar surface area (TPSA) is 109 Å². The van der Waals surface area contributed by atoms with Crippen molar-refractivity contribution in [1.29, 1.82) is 0 Å². The molecule has 1 aromatic heterocycles. The van der Waals surface area contributed by atoms with Gasteiger partial charge in [0.25, 0.3) is 10.2 Å². The van der Waals surface area contributed by atoms with E-state index in [9.17, 15) is 13.2 Å². The van der Waals surface area contributed by atoms with E-state index in [4.69, 9.17) is 4.74 Å². The summed E-state index contributed by atoms with van der Waals surface area (Å²) in [4.78, 5) is 12.9. The highest BCUT2D eigenvalue weighted by atomic mass is 32.2. The molecule has 148 valence electrons. The minimum Gasteiger partial charge on any atom is -0.383 e. The second-order valence-corrected chi connectivity index (χ2v) is 8.66. The Hall–Kier alpha value is -1.69. The van der Waals surface area contributed by atoms with E-state index in [2.05, 4.69) is 15.7 Å². The number of amides is 1. The maximum atomic E-state index is 12.9. The van der Waals surface area contributed by atoms with Gasteiger partial charge >= 0.3 is 0 Å². The van der Waals surface area contributed by atoms with Crippen LogP contribution in [0.15, 0.2) is 12.3 Å². The van der Waals surface area contributed by atoms with Gasteiger partial charge in [0, 0.05) is 60.2 Å². The fourth-order valence-electron chi connectivity index (χ4n) is 2.90. The lowest BCUT2D eigenvalue weighted by molar-refractivity contribution is -0.127. The Morgan fingerprint density at radius 3 is 2.54 bits per heavy atom. The number of hydrogen-bond acceptors (Lipinski definition) is 6. The summed E-state index contributed by atoms with van der Waals surface area (Å²) in [5.41, 5.74) is -0.916. The quantitative estimate of drug-likeness (QED) is 0.567. The molecule has 2 heterocycles. The predicted molar refractivity (Wildman–Crippen MR) is 97.9 cm³/mol. The first-order valence-corrected chi connectivity index (χ1v) is 9.84. The van der Waals surface area contributed by atoms with Gasteiger partial charge in [-0.3, -0.25) is 9.48 Å². The number of ether oxygens (including phenoxy) is 1. The molecule has 2 N–H and O–H groups in total. The largest absolute Gasteiger partial charge is 0.383 e. The molecule has 0 atom stereocenters. The van der Waals surface area contributed by atoms with Crippen LogP contribution in [0.3, 0.4) is 0 Å². The van der Waals surface area contributed by atoms with Crippen LogP contribution in [0.2, 0.25) is 0 Å². The van der Waals surface area contributed by atoms with E-state index in [0.29, 0.717) is 31.8 Å². The molecule has 0 bridgehead atoms. The van der Waals surface area contributed by atoms with Crippen molar-refractivity contribution in [1.82, 2.24) is 23.7 Å². The Kier molecular flexibility index (Phi) is 6.61. The summed E-state index contributed by atoms with van der Waals surface area (Å²) in [5.74, 6) is 0.403. The van der Waals surface area contributed by atoms with E-state index in [1.165, 1.54) is 22.7 Å². The van der Waals surface area contributed by atoms with Gasteiger partial charge < -0.3 is 15.4 Å². The van der Waals surface area contributed by atoms with Crippen molar-refractivity contribution >= 4 is 21.9 Å². The average molecular weight is 388 g/mol. The molecule has 0 aliphatic carbocycles. The fourth-order valence-corrected chi connectivity index (χ4v) is 4.01. The number of piperidine rings is 1. The second kappa shape index (κ2) is 8.33. The number of nitrogens with one attached hydrogen (secondary N) is 2. The molecular formula is C15H28N6O4S. The summed E-state index contributed by atoms with van der Waals surface area (Å²) in [7, 11) is 2.87. The molecule has 11 heteroatoms. The first kappa shape index (κ1) is 20.6. The number of carbonyl (C=O) groups excluding carboxylic acids is 1. The number of aryl methyl sites for hydroxylation is 1. The molecule has 26 heavy (non-hydrogen) atoms. The van der Waals surface area contributed by atoms with E-state index in [1.807, 2.05) is 0 Å². The van der Waals surface area contributed by atoms with Gasteiger partial charge in [0.15, 0.2) is 0 Å². The average Bonchev–Trinajstić information content (AvgIpc) is 3.00. The van der Waals surface area contributed by atoms with E-state index in [-0.39, 0.29) is 19.0 Å². The maximum Gasteiger partial charge on any atom is 0.281 e. The molecule has 0 radical (unpaired) electrons. The minimum atomic E-state index is -3.50. The normalized spacial score (nSPS) is 18.0. The molecule has 1 fully saturated rings. The fraction of sp³-hybridized carbons (Fsp3) is 0.733. The van der Waals surface area contributed by atoms with Crippen LogP contribution in [0, 0.1) is 0 Å². The van der Waals surface area contributed by atoms with Crippen LogP contribution in [0.4, 0.5) is 5.82 Å². The molecule has 0 spiro atoms. The monoisotopic (exact) mass is 388 g/mol. The Balaban J connectivity index is 2.16. The van der Waals surface area contributed by atoms with Crippen molar-refractivity contribution in [3.05, 3.63) is 12.3 Å². The molecule has 1 aliphatic rings. The van der Waals surface area contributed by atoms with Crippen LogP contribution in [-0.2, 0) is 26.8 Å². The van der Waals surface area contributed by atoms with Gasteiger partial charge in [-0.05, 0) is 12.8 Å². The zero-order valence-electron chi connectivity index (χ0n) is 15.7. The highest BCUT2D eigenvalue weighted by Crippen LogP contribution is 2.28. The van der Waals surface area contributed by atoms with Gasteiger partial charge in [-0.1, -0.05) is 0 Å². The highest BCUT2D eigenvalue weighted by Gasteiger charge is 2.44. The summed E-state index contributed by atoms with van der Waals surface area (Å²) in [6, 6.07) is 1.78. The minimum absolute atomic E-state index is 0.179. The zero-order valence-corrected chi connectivity index (χ0v) is 16.5. The number of hydrogen-bond donors (Lipinski definition) is 2. The van der Waals surface area contributed by atoms with E-state index >= 15 is 0 Å². The van der Waals surface area contributed by atoms with Crippen LogP contribution in [0.25, 0.3) is 0 Å². The first-order valence-electron chi connectivity index (χ1n) is 8.44. The van der Waals surface area contributed by atoms with Crippen molar-refractivity contribution in [2.45, 2.75) is 18.4 Å². The predicted octanol–water partition coefficient (Wildman–Crippen LogP) is -0.764. The molecule has 1 aromatic rings. The molecular weight excluding hydrogens is 360 g/mol. The second-order valence-electron chi connectivity index (χ2n) is 6.52. The number of carbonyl (C=O) groups is 1. The van der Waals surface area contributed by atoms with Gasteiger partial charge in [0.1, 0.15) is 11.4 Å². The lowest BCUT2D eigenvalue weighted by Crippen LogP contribution is -2.60. The van der Waals surface area contributed by atoms with Crippen LogP contribution >= 0.6 is 0 Å². The van der Waals surface area contributed by atoms with Gasteiger partial charge in [-0.15, -0.1) is 0 Å². The van der Waals surface area contributed by atoms with Crippen molar-refractivity contribution in [2.24, 2.45) is 7.05 Å². The smallest absolute Gasteiger partial charge is 0.281 e. The summed E-state index contributed by atoms with van der Waals surface area (Å²) in [6.45, 7) is 1.29. The van der Waals surface area contributed by atoms with Gasteiger partial charge in [0.05, 0.1) is 6.61 Å². The maximum absolute atomic E-state index is 12.9. The molecule has 0 aromatic carbocycles. The number of anilines is 1. The third kappa shape index (κ3) is 4.53. The molecule has 1 aliphatic heterocycles. The number of nitrogens with zero attached hydrogens (tertiary/aromatic N) is 4. The standard InChI is InChI=1S/C15H28N6O4S/c1-19(2)26(23,24)21-10-6-15(7-11-21,14(22)16-8-12-25-4)17-13-5-9-20(3)18-13/h5,9H,6-8,10-12H2,1-4H3,(H,16,22)(H,17,18). The van der Waals surface area contributed by atoms with Gasteiger partial charge in [-0.25, -0.2) is 0 Å². The van der Waals surface area contributed by atoms with Crippen LogP contribution in [0.1, 0.15) is 12.8 Å². The Labute approximate surface area is 154 Å². The highest BCUT2D eigenvalue weighted by molar-refractivity contribution is 7.86. The van der Waals surface area contributed by atoms with Gasteiger partial charge in [0.2, 0.25) is 5.91 Å². The third-order valence-corrected chi connectivity index (χ3v) is 6.41. The van der Waals surface area contributed by atoms with Crippen molar-refractivity contribution < 1.29 is 17.9 Å². The molecule has 0 saturated carbocycles. The number of methoxy groups -OCH3 is 1. The Morgan fingerprint density at radius 1 is 1.38 bits per heavy atom.